The highest BCUT2D eigenvalue weighted by Gasteiger charge is 2.41. The van der Waals surface area contributed by atoms with E-state index in [1.807, 2.05) is 25.2 Å². The summed E-state index contributed by atoms with van der Waals surface area (Å²) >= 11 is 12.5. The lowest BCUT2D eigenvalue weighted by Gasteiger charge is -2.43. The molecule has 1 aliphatic rings. The van der Waals surface area contributed by atoms with Crippen LogP contribution in [0.2, 0.25) is 10.0 Å². The molecule has 4 heteroatoms. The van der Waals surface area contributed by atoms with Crippen LogP contribution in [0.3, 0.4) is 0 Å². The molecule has 2 rings (SSSR count). The van der Waals surface area contributed by atoms with Gasteiger partial charge in [-0.25, -0.2) is 0 Å². The van der Waals surface area contributed by atoms with Crippen molar-refractivity contribution in [1.29, 1.82) is 0 Å². The first-order chi connectivity index (χ1) is 9.63. The molecule has 1 saturated carbocycles. The third kappa shape index (κ3) is 3.30. The predicted molar refractivity (Wildman–Crippen MR) is 85.7 cm³/mol. The van der Waals surface area contributed by atoms with Crippen LogP contribution in [0.15, 0.2) is 18.2 Å². The molecular weight excluding hydrogens is 293 g/mol. The lowest BCUT2D eigenvalue weighted by atomic mass is 9.76. The summed E-state index contributed by atoms with van der Waals surface area (Å²) in [6.07, 6.45) is 5.83. The van der Waals surface area contributed by atoms with Crippen LogP contribution < -0.4 is 5.32 Å². The van der Waals surface area contributed by atoms with E-state index in [4.69, 9.17) is 27.9 Å². The van der Waals surface area contributed by atoms with Gasteiger partial charge in [-0.2, -0.15) is 0 Å². The molecule has 0 aromatic heterocycles. The molecule has 2 nitrogen and oxygen atoms in total. The van der Waals surface area contributed by atoms with Crippen molar-refractivity contribution in [1.82, 2.24) is 5.32 Å². The Kier molecular flexibility index (Phi) is 5.74. The molecule has 1 aliphatic carbocycles. The van der Waals surface area contributed by atoms with Crippen LogP contribution in [-0.4, -0.2) is 19.3 Å². The monoisotopic (exact) mass is 315 g/mol. The third-order valence-electron chi connectivity index (χ3n) is 4.22. The van der Waals surface area contributed by atoms with E-state index in [0.29, 0.717) is 5.02 Å². The number of nitrogens with one attached hydrogen (secondary N) is 1. The van der Waals surface area contributed by atoms with Crippen LogP contribution in [-0.2, 0) is 4.74 Å². The van der Waals surface area contributed by atoms with E-state index in [1.165, 1.54) is 19.3 Å². The van der Waals surface area contributed by atoms with E-state index in [-0.39, 0.29) is 11.6 Å². The molecule has 0 aliphatic heterocycles. The van der Waals surface area contributed by atoms with E-state index < -0.39 is 0 Å². The van der Waals surface area contributed by atoms with Crippen molar-refractivity contribution in [2.45, 2.75) is 50.7 Å². The fraction of sp³-hybridized carbons (Fsp3) is 0.625. The summed E-state index contributed by atoms with van der Waals surface area (Å²) in [5, 5.41) is 4.88. The number of ether oxygens (including phenoxy) is 1. The molecule has 1 unspecified atom stereocenters. The van der Waals surface area contributed by atoms with Crippen molar-refractivity contribution in [2.24, 2.45) is 0 Å². The summed E-state index contributed by atoms with van der Waals surface area (Å²) in [5.74, 6) is 0. The second-order valence-corrected chi connectivity index (χ2v) is 6.29. The highest BCUT2D eigenvalue weighted by atomic mass is 35.5. The second kappa shape index (κ2) is 7.13. The predicted octanol–water partition coefficient (Wildman–Crippen LogP) is 4.99. The molecule has 20 heavy (non-hydrogen) atoms. The molecule has 1 aromatic rings. The van der Waals surface area contributed by atoms with E-state index in [2.05, 4.69) is 12.2 Å². The zero-order chi connectivity index (χ0) is 14.6. The Morgan fingerprint density at radius 1 is 1.25 bits per heavy atom. The van der Waals surface area contributed by atoms with Crippen LogP contribution in [0.4, 0.5) is 0 Å². The largest absolute Gasteiger partial charge is 0.373 e. The summed E-state index contributed by atoms with van der Waals surface area (Å²) < 4.78 is 6.21. The maximum absolute atomic E-state index is 6.40. The van der Waals surface area contributed by atoms with Crippen molar-refractivity contribution in [3.63, 3.8) is 0 Å². The molecule has 1 aromatic carbocycles. The Hall–Kier alpha value is -0.280. The van der Waals surface area contributed by atoms with Gasteiger partial charge >= 0.3 is 0 Å². The zero-order valence-corrected chi connectivity index (χ0v) is 13.7. The maximum atomic E-state index is 6.40. The third-order valence-corrected chi connectivity index (χ3v) is 4.79. The van der Waals surface area contributed by atoms with Gasteiger partial charge in [0.15, 0.2) is 0 Å². The molecule has 0 saturated heterocycles. The van der Waals surface area contributed by atoms with Gasteiger partial charge in [-0.15, -0.1) is 0 Å². The van der Waals surface area contributed by atoms with Gasteiger partial charge in [0.25, 0.3) is 0 Å². The van der Waals surface area contributed by atoms with Crippen LogP contribution in [0.25, 0.3) is 0 Å². The van der Waals surface area contributed by atoms with Crippen molar-refractivity contribution in [3.05, 3.63) is 33.8 Å². The summed E-state index contributed by atoms with van der Waals surface area (Å²) in [4.78, 5) is 0. The standard InChI is InChI=1S/C16H23Cl2NO/c1-3-20-16(9-5-4-6-10-16)15(19-2)13-11-12(17)7-8-14(13)18/h7-8,11,15,19H,3-6,9-10H2,1-2H3. The van der Waals surface area contributed by atoms with Gasteiger partial charge in [-0.3, -0.25) is 0 Å². The van der Waals surface area contributed by atoms with Crippen LogP contribution >= 0.6 is 23.2 Å². The van der Waals surface area contributed by atoms with Crippen molar-refractivity contribution >= 4 is 23.2 Å². The fourth-order valence-electron chi connectivity index (χ4n) is 3.39. The van der Waals surface area contributed by atoms with Gasteiger partial charge in [0.1, 0.15) is 0 Å². The quantitative estimate of drug-likeness (QED) is 0.826. The Labute approximate surface area is 131 Å². The van der Waals surface area contributed by atoms with E-state index in [9.17, 15) is 0 Å². The Balaban J connectivity index is 2.39. The first-order valence-corrected chi connectivity index (χ1v) is 8.14. The van der Waals surface area contributed by atoms with Crippen LogP contribution in [0, 0.1) is 0 Å². The van der Waals surface area contributed by atoms with Crippen LogP contribution in [0.5, 0.6) is 0 Å². The minimum atomic E-state index is -0.171. The van der Waals surface area contributed by atoms with Crippen molar-refractivity contribution in [3.8, 4) is 0 Å². The number of hydrogen-bond acceptors (Lipinski definition) is 2. The highest BCUT2D eigenvalue weighted by Crippen LogP contribution is 2.43. The lowest BCUT2D eigenvalue weighted by molar-refractivity contribution is -0.0898. The maximum Gasteiger partial charge on any atom is 0.0876 e. The van der Waals surface area contributed by atoms with Gasteiger partial charge in [0.05, 0.1) is 11.6 Å². The Morgan fingerprint density at radius 2 is 1.95 bits per heavy atom. The molecule has 0 heterocycles. The zero-order valence-electron chi connectivity index (χ0n) is 12.2. The number of halogens is 2. The molecule has 112 valence electrons. The molecule has 1 fully saturated rings. The minimum Gasteiger partial charge on any atom is -0.373 e. The fourth-order valence-corrected chi connectivity index (χ4v) is 3.80. The van der Waals surface area contributed by atoms with Crippen LogP contribution in [0.1, 0.15) is 50.6 Å². The van der Waals surface area contributed by atoms with Crippen molar-refractivity contribution in [2.75, 3.05) is 13.7 Å². The molecular formula is C16H23Cl2NO. The van der Waals surface area contributed by atoms with Gasteiger partial charge in [-0.05, 0) is 50.6 Å². The summed E-state index contributed by atoms with van der Waals surface area (Å²) in [7, 11) is 1.97. The van der Waals surface area contributed by atoms with Gasteiger partial charge in [0, 0.05) is 16.7 Å². The lowest BCUT2D eigenvalue weighted by Crippen LogP contribution is -2.46. The van der Waals surface area contributed by atoms with E-state index >= 15 is 0 Å². The molecule has 0 amide bonds. The van der Waals surface area contributed by atoms with Gasteiger partial charge in [-0.1, -0.05) is 42.5 Å². The molecule has 0 spiro atoms. The molecule has 1 N–H and O–H groups in total. The number of rotatable bonds is 5. The summed E-state index contributed by atoms with van der Waals surface area (Å²) in [6, 6.07) is 5.73. The first kappa shape index (κ1) is 16.1. The Morgan fingerprint density at radius 3 is 2.55 bits per heavy atom. The first-order valence-electron chi connectivity index (χ1n) is 7.39. The van der Waals surface area contributed by atoms with Gasteiger partial charge < -0.3 is 10.1 Å². The average molecular weight is 316 g/mol. The summed E-state index contributed by atoms with van der Waals surface area (Å²) in [5.41, 5.74) is 0.868. The smallest absolute Gasteiger partial charge is 0.0876 e. The SMILES string of the molecule is CCOC1(C(NC)c2cc(Cl)ccc2Cl)CCCCC1. The molecule has 1 atom stereocenters. The Bertz CT molecular complexity index is 439. The number of benzene rings is 1. The number of likely N-dealkylation sites (N-methyl/N-ethyl adjacent to an activating group) is 1. The topological polar surface area (TPSA) is 21.3 Å². The molecule has 0 radical (unpaired) electrons. The second-order valence-electron chi connectivity index (χ2n) is 5.45. The summed E-state index contributed by atoms with van der Waals surface area (Å²) in [6.45, 7) is 2.78. The number of hydrogen-bond donors (Lipinski definition) is 1. The van der Waals surface area contributed by atoms with E-state index in [1.54, 1.807) is 0 Å². The normalized spacial score (nSPS) is 19.8. The van der Waals surface area contributed by atoms with Gasteiger partial charge in [0.2, 0.25) is 0 Å². The van der Waals surface area contributed by atoms with Crippen molar-refractivity contribution < 1.29 is 4.74 Å². The highest BCUT2D eigenvalue weighted by molar-refractivity contribution is 6.33. The molecule has 0 bridgehead atoms. The minimum absolute atomic E-state index is 0.0777. The average Bonchev–Trinajstić information content (AvgIpc) is 2.45. The van der Waals surface area contributed by atoms with E-state index in [0.717, 1.165) is 30.0 Å².